The molecule has 2 aromatic rings. The molecule has 3 N–H and O–H groups in total. The van der Waals surface area contributed by atoms with Crippen molar-refractivity contribution in [3.05, 3.63) is 64.2 Å². The van der Waals surface area contributed by atoms with Crippen molar-refractivity contribution in [1.29, 1.82) is 0 Å². The number of pyridine rings is 1. The zero-order valence-corrected chi connectivity index (χ0v) is 18.1. The topological polar surface area (TPSA) is 82.5 Å². The van der Waals surface area contributed by atoms with Crippen LogP contribution in [0.3, 0.4) is 0 Å². The van der Waals surface area contributed by atoms with Gasteiger partial charge in [-0.15, -0.1) is 0 Å². The molecule has 1 aromatic carbocycles. The van der Waals surface area contributed by atoms with Gasteiger partial charge in [-0.1, -0.05) is 36.6 Å². The van der Waals surface area contributed by atoms with Crippen LogP contribution in [0.4, 0.5) is 4.39 Å². The first kappa shape index (κ1) is 24.0. The molecule has 0 radical (unpaired) electrons. The first-order valence-corrected chi connectivity index (χ1v) is 12.1. The van der Waals surface area contributed by atoms with Gasteiger partial charge in [-0.25, -0.2) is 4.39 Å². The number of unbranched alkanes of at least 4 members (excludes halogenated alkanes) is 3. The lowest BCUT2D eigenvalue weighted by molar-refractivity contribution is 0.371. The molecule has 0 aliphatic heterocycles. The Balaban J connectivity index is 1.60. The van der Waals surface area contributed by atoms with E-state index in [4.69, 9.17) is 21.4 Å². The highest BCUT2D eigenvalue weighted by molar-refractivity contribution is 7.51. The van der Waals surface area contributed by atoms with Crippen LogP contribution in [0.2, 0.25) is 5.02 Å². The summed E-state index contributed by atoms with van der Waals surface area (Å²) in [4.78, 5) is 22.1. The van der Waals surface area contributed by atoms with E-state index in [1.807, 2.05) is 24.4 Å². The summed E-state index contributed by atoms with van der Waals surface area (Å²) in [6.45, 7) is 1.04. The third kappa shape index (κ3) is 10.3. The molecule has 0 aliphatic carbocycles. The van der Waals surface area contributed by atoms with Gasteiger partial charge in [0.05, 0.1) is 11.9 Å². The largest absolute Gasteiger partial charge is 0.325 e. The summed E-state index contributed by atoms with van der Waals surface area (Å²) in [5.41, 5.74) is 3.02. The van der Waals surface area contributed by atoms with Crippen LogP contribution < -0.4 is 5.32 Å². The number of hydrogen-bond acceptors (Lipinski definition) is 3. The summed E-state index contributed by atoms with van der Waals surface area (Å²) in [7, 11) is -3.92. The Hall–Kier alpha value is -1.30. The van der Waals surface area contributed by atoms with Crippen LogP contribution in [0.1, 0.15) is 48.9 Å². The van der Waals surface area contributed by atoms with Crippen LogP contribution in [0.15, 0.2) is 36.5 Å². The predicted octanol–water partition coefficient (Wildman–Crippen LogP) is 4.88. The fourth-order valence-corrected chi connectivity index (χ4v) is 3.89. The lowest BCUT2D eigenvalue weighted by atomic mass is 10.0. The average molecular weight is 443 g/mol. The van der Waals surface area contributed by atoms with Gasteiger partial charge in [0.1, 0.15) is 5.82 Å². The lowest BCUT2D eigenvalue weighted by Crippen LogP contribution is -2.16. The molecule has 0 bridgehead atoms. The van der Waals surface area contributed by atoms with E-state index >= 15 is 0 Å². The van der Waals surface area contributed by atoms with Crippen LogP contribution in [-0.4, -0.2) is 27.5 Å². The molecule has 0 aliphatic rings. The van der Waals surface area contributed by atoms with Crippen LogP contribution in [-0.2, 0) is 24.0 Å². The molecule has 0 atom stereocenters. The van der Waals surface area contributed by atoms with Crippen molar-refractivity contribution in [3.63, 3.8) is 0 Å². The number of halogens is 2. The summed E-state index contributed by atoms with van der Waals surface area (Å²) >= 11 is 6.36. The van der Waals surface area contributed by atoms with Crippen LogP contribution in [0, 0.1) is 5.82 Å². The van der Waals surface area contributed by atoms with Crippen molar-refractivity contribution in [1.82, 2.24) is 10.3 Å². The summed E-state index contributed by atoms with van der Waals surface area (Å²) in [6.07, 6.45) is 8.34. The monoisotopic (exact) mass is 442 g/mol. The molecular formula is C21H29ClFN2O3P. The smallest absolute Gasteiger partial charge is 0.324 e. The molecule has 0 amide bonds. The highest BCUT2D eigenvalue weighted by atomic mass is 35.5. The van der Waals surface area contributed by atoms with E-state index < -0.39 is 7.60 Å². The molecule has 5 nitrogen and oxygen atoms in total. The van der Waals surface area contributed by atoms with Crippen molar-refractivity contribution >= 4 is 19.2 Å². The molecule has 0 unspecified atom stereocenters. The Labute approximate surface area is 176 Å². The molecule has 1 aromatic heterocycles. The summed E-state index contributed by atoms with van der Waals surface area (Å²) in [6, 6.07) is 8.54. The Morgan fingerprint density at radius 3 is 2.38 bits per heavy atom. The maximum atomic E-state index is 12.9. The zero-order valence-electron chi connectivity index (χ0n) is 16.5. The highest BCUT2D eigenvalue weighted by Gasteiger charge is 2.11. The van der Waals surface area contributed by atoms with E-state index in [0.29, 0.717) is 24.5 Å². The Morgan fingerprint density at radius 2 is 1.72 bits per heavy atom. The Bertz CT molecular complexity index is 799. The molecule has 29 heavy (non-hydrogen) atoms. The lowest BCUT2D eigenvalue weighted by Gasteiger charge is -2.08. The van der Waals surface area contributed by atoms with Gasteiger partial charge in [-0.2, -0.15) is 0 Å². The number of hydrogen-bond donors (Lipinski definition) is 3. The second-order valence-electron chi connectivity index (χ2n) is 7.23. The molecule has 160 valence electrons. The second-order valence-corrected chi connectivity index (χ2v) is 9.41. The number of benzene rings is 1. The van der Waals surface area contributed by atoms with Crippen molar-refractivity contribution in [2.24, 2.45) is 0 Å². The van der Waals surface area contributed by atoms with E-state index in [2.05, 4.69) is 10.3 Å². The van der Waals surface area contributed by atoms with Gasteiger partial charge >= 0.3 is 7.60 Å². The van der Waals surface area contributed by atoms with E-state index in [1.54, 1.807) is 0 Å². The van der Waals surface area contributed by atoms with Crippen molar-refractivity contribution in [2.75, 3.05) is 12.7 Å². The normalized spacial score (nSPS) is 11.7. The SMILES string of the molecule is O=P(O)(O)CCCNCc1cc(Cl)c(CCCCCCc2ccc(F)cc2)cn1. The van der Waals surface area contributed by atoms with E-state index in [-0.39, 0.29) is 12.0 Å². The fourth-order valence-electron chi connectivity index (χ4n) is 3.06. The number of aromatic nitrogens is 1. The standard InChI is InChI=1S/C21H29ClFN2O3P/c22-21-14-20(16-24-12-5-13-29(26,27)28)25-15-18(21)7-4-2-1-3-6-17-8-10-19(23)11-9-17/h8-11,14-15,24H,1-7,12-13,16H2,(H2,26,27,28). The third-order valence-electron chi connectivity index (χ3n) is 4.67. The molecule has 0 saturated heterocycles. The van der Waals surface area contributed by atoms with E-state index in [0.717, 1.165) is 49.8 Å². The number of aryl methyl sites for hydroxylation is 2. The summed E-state index contributed by atoms with van der Waals surface area (Å²) < 4.78 is 23.7. The number of rotatable bonds is 13. The minimum Gasteiger partial charge on any atom is -0.324 e. The van der Waals surface area contributed by atoms with Crippen molar-refractivity contribution < 1.29 is 18.7 Å². The van der Waals surface area contributed by atoms with Gasteiger partial charge in [-0.3, -0.25) is 9.55 Å². The Morgan fingerprint density at radius 1 is 1.03 bits per heavy atom. The summed E-state index contributed by atoms with van der Waals surface area (Å²) in [5, 5.41) is 3.83. The average Bonchev–Trinajstić information content (AvgIpc) is 2.66. The fraction of sp³-hybridized carbons (Fsp3) is 0.476. The molecule has 0 fully saturated rings. The van der Waals surface area contributed by atoms with Gasteiger partial charge < -0.3 is 15.1 Å². The predicted molar refractivity (Wildman–Crippen MR) is 115 cm³/mol. The van der Waals surface area contributed by atoms with Gasteiger partial charge in [0, 0.05) is 17.8 Å². The van der Waals surface area contributed by atoms with Crippen LogP contribution in [0.5, 0.6) is 0 Å². The molecular weight excluding hydrogens is 414 g/mol. The van der Waals surface area contributed by atoms with Crippen molar-refractivity contribution in [2.45, 2.75) is 51.5 Å². The van der Waals surface area contributed by atoms with Gasteiger partial charge in [-0.05, 0) is 68.0 Å². The molecule has 8 heteroatoms. The first-order chi connectivity index (χ1) is 13.8. The summed E-state index contributed by atoms with van der Waals surface area (Å²) in [5.74, 6) is -0.194. The number of nitrogens with zero attached hydrogens (tertiary/aromatic N) is 1. The van der Waals surface area contributed by atoms with E-state index in [1.165, 1.54) is 17.7 Å². The van der Waals surface area contributed by atoms with Crippen LogP contribution in [0.25, 0.3) is 0 Å². The maximum absolute atomic E-state index is 12.9. The van der Waals surface area contributed by atoms with Gasteiger partial charge in [0.2, 0.25) is 0 Å². The van der Waals surface area contributed by atoms with Gasteiger partial charge in [0.25, 0.3) is 0 Å². The second kappa shape index (κ2) is 12.4. The first-order valence-electron chi connectivity index (χ1n) is 9.96. The molecule has 0 saturated carbocycles. The minimum absolute atomic E-state index is 0.114. The molecule has 1 heterocycles. The van der Waals surface area contributed by atoms with Crippen LogP contribution >= 0.6 is 19.2 Å². The zero-order chi connectivity index (χ0) is 21.1. The quantitative estimate of drug-likeness (QED) is 0.304. The molecule has 2 rings (SSSR count). The highest BCUT2D eigenvalue weighted by Crippen LogP contribution is 2.34. The Kier molecular flexibility index (Phi) is 10.3. The number of nitrogens with one attached hydrogen (secondary N) is 1. The van der Waals surface area contributed by atoms with Crippen molar-refractivity contribution in [3.8, 4) is 0 Å². The third-order valence-corrected chi connectivity index (χ3v) is 5.92. The molecule has 0 spiro atoms. The minimum atomic E-state index is -3.92. The van der Waals surface area contributed by atoms with E-state index in [9.17, 15) is 8.96 Å². The maximum Gasteiger partial charge on any atom is 0.325 e. The van der Waals surface area contributed by atoms with Gasteiger partial charge in [0.15, 0.2) is 0 Å².